The van der Waals surface area contributed by atoms with Gasteiger partial charge in [-0.1, -0.05) is 55.5 Å². The molecule has 4 aliphatic carbocycles. The molecule has 7 rings (SSSR count). The second-order valence-electron chi connectivity index (χ2n) is 13.9. The van der Waals surface area contributed by atoms with Crippen molar-refractivity contribution in [2.45, 2.75) is 88.1 Å². The molecule has 1 unspecified atom stereocenters. The molecule has 10 heteroatoms. The number of hydrogen-bond acceptors (Lipinski definition) is 5. The normalized spacial score (nSPS) is 26.5. The molecular weight excluding hydrogens is 602 g/mol. The summed E-state index contributed by atoms with van der Waals surface area (Å²) in [6.07, 6.45) is 7.59. The van der Waals surface area contributed by atoms with Gasteiger partial charge in [0.15, 0.2) is 0 Å². The Bertz CT molecular complexity index is 1560. The van der Waals surface area contributed by atoms with Gasteiger partial charge in [0.1, 0.15) is 16.9 Å². The average Bonchev–Trinajstić information content (AvgIpc) is 3.41. The molecule has 1 heterocycles. The number of amides is 2. The minimum absolute atomic E-state index is 0.0349. The van der Waals surface area contributed by atoms with Crippen LogP contribution in [0.2, 0.25) is 0 Å². The Morgan fingerprint density at radius 1 is 1.00 bits per heavy atom. The minimum atomic E-state index is -1.73. The van der Waals surface area contributed by atoms with E-state index >= 15 is 0 Å². The maximum absolute atomic E-state index is 14.3. The van der Waals surface area contributed by atoms with Gasteiger partial charge in [-0.2, -0.15) is 0 Å². The van der Waals surface area contributed by atoms with Crippen LogP contribution in [0.1, 0.15) is 63.5 Å². The molecule has 4 bridgehead atoms. The molecule has 0 saturated heterocycles. The first-order valence-electron chi connectivity index (χ1n) is 16.6. The van der Waals surface area contributed by atoms with Crippen molar-refractivity contribution in [2.24, 2.45) is 23.7 Å². The molecule has 4 atom stereocenters. The summed E-state index contributed by atoms with van der Waals surface area (Å²) in [5.74, 6) is 0.633. The monoisotopic (exact) mass is 647 g/mol. The fourth-order valence-corrected chi connectivity index (χ4v) is 9.90. The smallest absolute Gasteiger partial charge is 0.408 e. The van der Waals surface area contributed by atoms with Crippen LogP contribution < -0.4 is 10.6 Å². The number of aromatic amines is 1. The minimum Gasteiger partial charge on any atom is -0.480 e. The Kier molecular flexibility index (Phi) is 9.54. The van der Waals surface area contributed by atoms with Crippen LogP contribution in [0.25, 0.3) is 10.9 Å². The van der Waals surface area contributed by atoms with Gasteiger partial charge in [0.25, 0.3) is 0 Å². The van der Waals surface area contributed by atoms with E-state index in [1.165, 1.54) is 6.42 Å². The van der Waals surface area contributed by atoms with Crippen molar-refractivity contribution in [1.29, 1.82) is 0 Å². The fourth-order valence-electron chi connectivity index (χ4n) is 8.47. The number of nitrogens with one attached hydrogen (secondary N) is 3. The summed E-state index contributed by atoms with van der Waals surface area (Å²) in [4.78, 5) is 43.1. The fraction of sp³-hybridized carbons (Fsp3) is 0.528. The van der Waals surface area contributed by atoms with Gasteiger partial charge >= 0.3 is 12.1 Å². The van der Waals surface area contributed by atoms with Crippen molar-refractivity contribution in [3.05, 3.63) is 71.9 Å². The lowest BCUT2D eigenvalue weighted by Gasteiger charge is -2.53. The molecule has 4 saturated carbocycles. The van der Waals surface area contributed by atoms with Gasteiger partial charge in [-0.25, -0.2) is 4.79 Å². The van der Waals surface area contributed by atoms with Crippen LogP contribution in [0.3, 0.4) is 0 Å². The number of alkyl carbamates (subject to hydrolysis) is 1. The number of carbonyl (C=O) groups is 3. The maximum Gasteiger partial charge on any atom is 0.408 e. The molecule has 3 aromatic rings. The van der Waals surface area contributed by atoms with Crippen LogP contribution in [0, 0.1) is 23.7 Å². The molecule has 2 amide bonds. The van der Waals surface area contributed by atoms with Crippen molar-refractivity contribution in [3.63, 3.8) is 0 Å². The number of benzene rings is 2. The standard InChI is InChI=1S/C36H45N3O6S/c1-3-31(33(40)41)46(44)21-28(18-22-9-5-4-6-10-22)38-34(42)36(2,19-27-20-37-30-12-8-7-11-29(27)30)39-35(43)45-32-25-14-23-13-24(16-25)17-26(32)15-23/h4-12,20,23-26,28,31-32,37H,3,13-19,21H2,1-2H3,(H,38,42)(H,39,43)(H,40,41)/t23?,24?,25?,26?,28?,31-,32?,36+,46+/m0/s1. The van der Waals surface area contributed by atoms with Gasteiger partial charge < -0.3 is 25.5 Å². The van der Waals surface area contributed by atoms with Crippen LogP contribution in [-0.4, -0.2) is 61.0 Å². The van der Waals surface area contributed by atoms with E-state index in [-0.39, 0.29) is 24.7 Å². The average molecular weight is 648 g/mol. The number of fused-ring (bicyclic) bond motifs is 1. The molecule has 4 N–H and O–H groups in total. The number of aromatic nitrogens is 1. The quantitative estimate of drug-likeness (QED) is 0.197. The highest BCUT2D eigenvalue weighted by molar-refractivity contribution is 7.86. The Hall–Kier alpha value is -3.66. The highest BCUT2D eigenvalue weighted by Crippen LogP contribution is 2.54. The lowest BCUT2D eigenvalue weighted by Crippen LogP contribution is -2.61. The van der Waals surface area contributed by atoms with Crippen molar-refractivity contribution in [3.8, 4) is 0 Å². The summed E-state index contributed by atoms with van der Waals surface area (Å²) in [5.41, 5.74) is 1.29. The third-order valence-electron chi connectivity index (χ3n) is 10.5. The number of carbonyl (C=O) groups excluding carboxylic acids is 2. The first-order chi connectivity index (χ1) is 22.1. The van der Waals surface area contributed by atoms with Gasteiger partial charge in [-0.15, -0.1) is 0 Å². The maximum atomic E-state index is 14.3. The van der Waals surface area contributed by atoms with Crippen LogP contribution in [0.5, 0.6) is 0 Å². The van der Waals surface area contributed by atoms with Gasteiger partial charge in [-0.05, 0) is 92.7 Å². The SMILES string of the molecule is CC[C@@H](C(=O)O)[S@](=O)CC(Cc1ccccc1)NC(=O)[C@@](C)(Cc1c[nH]c2ccccc12)NC(=O)OC1C2CC3CC(C2)CC1C3. The van der Waals surface area contributed by atoms with Crippen LogP contribution in [0.4, 0.5) is 4.79 Å². The van der Waals surface area contributed by atoms with E-state index in [0.717, 1.165) is 59.5 Å². The molecule has 0 radical (unpaired) electrons. The van der Waals surface area contributed by atoms with Crippen molar-refractivity contribution in [2.75, 3.05) is 5.75 Å². The predicted octanol–water partition coefficient (Wildman–Crippen LogP) is 5.36. The molecule has 1 aromatic heterocycles. The summed E-state index contributed by atoms with van der Waals surface area (Å²) in [5, 5.41) is 15.6. The lowest BCUT2D eigenvalue weighted by atomic mass is 9.55. The first-order valence-corrected chi connectivity index (χ1v) is 18.0. The first kappa shape index (κ1) is 32.3. The van der Waals surface area contributed by atoms with Crippen molar-refractivity contribution < 1.29 is 28.4 Å². The third-order valence-corrected chi connectivity index (χ3v) is 12.4. The van der Waals surface area contributed by atoms with Gasteiger partial charge in [0, 0.05) is 46.1 Å². The number of para-hydroxylation sites is 1. The Morgan fingerprint density at radius 2 is 1.65 bits per heavy atom. The lowest BCUT2D eigenvalue weighted by molar-refractivity contribution is -0.136. The van der Waals surface area contributed by atoms with Crippen molar-refractivity contribution >= 4 is 39.7 Å². The van der Waals surface area contributed by atoms with E-state index in [1.807, 2.05) is 60.8 Å². The topological polar surface area (TPSA) is 138 Å². The molecule has 9 nitrogen and oxygen atoms in total. The molecule has 2 aromatic carbocycles. The number of carboxylic acids is 1. The molecule has 0 aliphatic heterocycles. The van der Waals surface area contributed by atoms with Crippen molar-refractivity contribution in [1.82, 2.24) is 15.6 Å². The molecule has 4 fully saturated rings. The Labute approximate surface area is 272 Å². The second-order valence-corrected chi connectivity index (χ2v) is 15.6. The summed E-state index contributed by atoms with van der Waals surface area (Å²) in [7, 11) is -1.73. The van der Waals surface area contributed by atoms with Gasteiger partial charge in [0.05, 0.1) is 0 Å². The Morgan fingerprint density at radius 3 is 2.30 bits per heavy atom. The van der Waals surface area contributed by atoms with Crippen LogP contribution in [-0.2, 0) is 38.0 Å². The van der Waals surface area contributed by atoms with E-state index in [0.29, 0.717) is 18.3 Å². The zero-order valence-electron chi connectivity index (χ0n) is 26.6. The number of H-pyrrole nitrogens is 1. The second kappa shape index (κ2) is 13.6. The third kappa shape index (κ3) is 7.01. The number of ether oxygens (including phenoxy) is 1. The van der Waals surface area contributed by atoms with Gasteiger partial charge in [-0.3, -0.25) is 13.8 Å². The molecule has 4 aliphatic rings. The zero-order valence-corrected chi connectivity index (χ0v) is 27.4. The number of rotatable bonds is 13. The largest absolute Gasteiger partial charge is 0.480 e. The molecular formula is C36H45N3O6S. The van der Waals surface area contributed by atoms with E-state index in [2.05, 4.69) is 15.6 Å². The number of aliphatic carboxylic acids is 1. The number of carboxylic acid groups (broad SMARTS) is 1. The highest BCUT2D eigenvalue weighted by Gasteiger charge is 2.50. The molecule has 246 valence electrons. The predicted molar refractivity (Wildman–Crippen MR) is 178 cm³/mol. The molecule has 46 heavy (non-hydrogen) atoms. The van der Waals surface area contributed by atoms with E-state index in [9.17, 15) is 23.7 Å². The van der Waals surface area contributed by atoms with Crippen LogP contribution in [0.15, 0.2) is 60.8 Å². The van der Waals surface area contributed by atoms with E-state index < -0.39 is 45.6 Å². The highest BCUT2D eigenvalue weighted by atomic mass is 32.2. The summed E-state index contributed by atoms with van der Waals surface area (Å²) in [6.45, 7) is 3.39. The zero-order chi connectivity index (χ0) is 32.4. The van der Waals surface area contributed by atoms with E-state index in [1.54, 1.807) is 13.8 Å². The van der Waals surface area contributed by atoms with Crippen LogP contribution >= 0.6 is 0 Å². The summed E-state index contributed by atoms with van der Waals surface area (Å²) >= 11 is 0. The Balaban J connectivity index is 1.24. The van der Waals surface area contributed by atoms with Gasteiger partial charge in [0.2, 0.25) is 5.91 Å². The summed E-state index contributed by atoms with van der Waals surface area (Å²) < 4.78 is 19.4. The number of hydrogen-bond donors (Lipinski definition) is 4. The summed E-state index contributed by atoms with van der Waals surface area (Å²) in [6, 6.07) is 16.7. The molecule has 0 spiro atoms. The van der Waals surface area contributed by atoms with E-state index in [4.69, 9.17) is 4.74 Å².